The molecule has 0 aliphatic rings. The first kappa shape index (κ1) is 16.1. The van der Waals surface area contributed by atoms with Gasteiger partial charge >= 0.3 is 6.18 Å². The maximum atomic E-state index is 12.5. The Labute approximate surface area is 129 Å². The van der Waals surface area contributed by atoms with Crippen LogP contribution in [0.25, 0.3) is 0 Å². The van der Waals surface area contributed by atoms with Crippen LogP contribution < -0.4 is 5.73 Å². The molecule has 0 amide bonds. The molecule has 1 aromatic heterocycles. The molecule has 1 atom stereocenters. The van der Waals surface area contributed by atoms with E-state index in [1.165, 1.54) is 17.8 Å². The van der Waals surface area contributed by atoms with Crippen molar-refractivity contribution in [2.24, 2.45) is 5.73 Å². The van der Waals surface area contributed by atoms with Gasteiger partial charge < -0.3 is 5.73 Å². The quantitative estimate of drug-likeness (QED) is 0.835. The predicted molar refractivity (Wildman–Crippen MR) is 78.3 cm³/mol. The Bertz CT molecular complexity index is 602. The first-order chi connectivity index (χ1) is 9.90. The average molecular weight is 333 g/mol. The van der Waals surface area contributed by atoms with Gasteiger partial charge in [0.2, 0.25) is 0 Å². The molecule has 2 N–H and O–H groups in total. The molecule has 112 valence electrons. The van der Waals surface area contributed by atoms with Gasteiger partial charge in [0.15, 0.2) is 0 Å². The summed E-state index contributed by atoms with van der Waals surface area (Å²) in [6, 6.07) is 9.58. The lowest BCUT2D eigenvalue weighted by molar-refractivity contribution is -0.137. The lowest BCUT2D eigenvalue weighted by Crippen LogP contribution is -2.10. The number of rotatable bonds is 4. The molecule has 1 unspecified atom stereocenters. The van der Waals surface area contributed by atoms with E-state index < -0.39 is 11.7 Å². The van der Waals surface area contributed by atoms with Gasteiger partial charge in [-0.25, -0.2) is 4.98 Å². The van der Waals surface area contributed by atoms with Crippen LogP contribution in [-0.2, 0) is 6.18 Å². The minimum absolute atomic E-state index is 0.118. The molecule has 0 fully saturated rings. The molecule has 2 aromatic rings. The van der Waals surface area contributed by atoms with Crippen molar-refractivity contribution in [3.05, 3.63) is 58.7 Å². The third kappa shape index (κ3) is 4.36. The van der Waals surface area contributed by atoms with Crippen LogP contribution >= 0.6 is 23.4 Å². The Morgan fingerprint density at radius 2 is 2.00 bits per heavy atom. The third-order valence-electron chi connectivity index (χ3n) is 2.76. The number of pyridine rings is 1. The highest BCUT2D eigenvalue weighted by Crippen LogP contribution is 2.35. The fraction of sp³-hybridized carbons (Fsp3) is 0.214. The summed E-state index contributed by atoms with van der Waals surface area (Å²) in [5.41, 5.74) is 5.88. The highest BCUT2D eigenvalue weighted by Gasteiger charge is 2.30. The van der Waals surface area contributed by atoms with Crippen molar-refractivity contribution in [1.29, 1.82) is 0 Å². The Morgan fingerprint density at radius 1 is 1.24 bits per heavy atom. The number of hydrogen-bond acceptors (Lipinski definition) is 3. The van der Waals surface area contributed by atoms with Crippen LogP contribution in [0.3, 0.4) is 0 Å². The van der Waals surface area contributed by atoms with E-state index in [0.29, 0.717) is 16.6 Å². The van der Waals surface area contributed by atoms with Gasteiger partial charge in [0, 0.05) is 23.0 Å². The molecule has 0 radical (unpaired) electrons. The van der Waals surface area contributed by atoms with Gasteiger partial charge in [-0.05, 0) is 29.8 Å². The molecule has 1 aromatic carbocycles. The highest BCUT2D eigenvalue weighted by molar-refractivity contribution is 7.99. The number of hydrogen-bond donors (Lipinski definition) is 1. The van der Waals surface area contributed by atoms with E-state index in [9.17, 15) is 13.2 Å². The van der Waals surface area contributed by atoms with Gasteiger partial charge in [-0.2, -0.15) is 13.2 Å². The zero-order valence-electron chi connectivity index (χ0n) is 10.8. The Kier molecular flexibility index (Phi) is 5.13. The molecule has 0 saturated heterocycles. The second-order valence-corrected chi connectivity index (χ2v) is 5.94. The Balaban J connectivity index is 2.15. The van der Waals surface area contributed by atoms with Gasteiger partial charge in [0.25, 0.3) is 0 Å². The largest absolute Gasteiger partial charge is 0.417 e. The van der Waals surface area contributed by atoms with Gasteiger partial charge in [-0.15, -0.1) is 0 Å². The van der Waals surface area contributed by atoms with Crippen LogP contribution in [-0.4, -0.2) is 11.5 Å². The van der Waals surface area contributed by atoms with Gasteiger partial charge in [-0.1, -0.05) is 35.5 Å². The van der Waals surface area contributed by atoms with E-state index in [4.69, 9.17) is 17.3 Å². The molecule has 0 aliphatic heterocycles. The second kappa shape index (κ2) is 6.68. The van der Waals surface area contributed by atoms with Crippen molar-refractivity contribution in [3.63, 3.8) is 0 Å². The smallest absolute Gasteiger partial charge is 0.329 e. The maximum Gasteiger partial charge on any atom is 0.417 e. The van der Waals surface area contributed by atoms with E-state index in [1.807, 2.05) is 6.07 Å². The summed E-state index contributed by atoms with van der Waals surface area (Å²) in [5.74, 6) is 0. The van der Waals surface area contributed by atoms with E-state index >= 15 is 0 Å². The number of nitrogens with two attached hydrogens (primary N) is 1. The van der Waals surface area contributed by atoms with Crippen molar-refractivity contribution < 1.29 is 13.2 Å². The van der Waals surface area contributed by atoms with Crippen LogP contribution in [0.2, 0.25) is 5.02 Å². The lowest BCUT2D eigenvalue weighted by Gasteiger charge is -2.15. The van der Waals surface area contributed by atoms with Crippen molar-refractivity contribution in [2.75, 3.05) is 6.54 Å². The molecule has 0 saturated carbocycles. The third-order valence-corrected chi connectivity index (χ3v) is 4.23. The number of halogens is 4. The highest BCUT2D eigenvalue weighted by atomic mass is 35.5. The molecule has 0 bridgehead atoms. The number of benzene rings is 1. The summed E-state index contributed by atoms with van der Waals surface area (Å²) in [6.07, 6.45) is -3.55. The molecule has 0 spiro atoms. The normalized spacial score (nSPS) is 13.2. The van der Waals surface area contributed by atoms with Crippen molar-refractivity contribution in [1.82, 2.24) is 4.98 Å². The van der Waals surface area contributed by atoms with E-state index in [-0.39, 0.29) is 5.25 Å². The monoisotopic (exact) mass is 332 g/mol. The molecule has 0 aliphatic carbocycles. The standard InChI is InChI=1S/C14H12ClF3N2S/c15-11-3-1-2-9(6-11)12(7-19)21-13-5-4-10(8-20-13)14(16,17)18/h1-6,8,12H,7,19H2. The summed E-state index contributed by atoms with van der Waals surface area (Å²) < 4.78 is 37.4. The number of alkyl halides is 3. The number of thioether (sulfide) groups is 1. The van der Waals surface area contributed by atoms with E-state index in [0.717, 1.165) is 17.8 Å². The lowest BCUT2D eigenvalue weighted by atomic mass is 10.1. The Hall–Kier alpha value is -1.24. The van der Waals surface area contributed by atoms with Gasteiger partial charge in [0.05, 0.1) is 10.6 Å². The fourth-order valence-electron chi connectivity index (χ4n) is 1.72. The van der Waals surface area contributed by atoms with Crippen molar-refractivity contribution in [3.8, 4) is 0 Å². The second-order valence-electron chi connectivity index (χ2n) is 4.28. The summed E-state index contributed by atoms with van der Waals surface area (Å²) in [5, 5.41) is 0.957. The minimum Gasteiger partial charge on any atom is -0.329 e. The molecular weight excluding hydrogens is 321 g/mol. The maximum absolute atomic E-state index is 12.5. The summed E-state index contributed by atoms with van der Waals surface area (Å²) >= 11 is 7.24. The first-order valence-electron chi connectivity index (χ1n) is 6.05. The molecular formula is C14H12ClF3N2S. The fourth-order valence-corrected chi connectivity index (χ4v) is 2.85. The van der Waals surface area contributed by atoms with Crippen molar-refractivity contribution >= 4 is 23.4 Å². The topological polar surface area (TPSA) is 38.9 Å². The summed E-state index contributed by atoms with van der Waals surface area (Å²) in [4.78, 5) is 3.84. The van der Waals surface area contributed by atoms with Crippen LogP contribution in [0, 0.1) is 0 Å². The molecule has 1 heterocycles. The minimum atomic E-state index is -4.38. The Morgan fingerprint density at radius 3 is 2.52 bits per heavy atom. The average Bonchev–Trinajstić information content (AvgIpc) is 2.44. The van der Waals surface area contributed by atoms with Crippen LogP contribution in [0.15, 0.2) is 47.6 Å². The van der Waals surface area contributed by atoms with E-state index in [2.05, 4.69) is 4.98 Å². The molecule has 2 rings (SSSR count). The van der Waals surface area contributed by atoms with Crippen molar-refractivity contribution in [2.45, 2.75) is 16.5 Å². The molecule has 2 nitrogen and oxygen atoms in total. The zero-order chi connectivity index (χ0) is 15.5. The van der Waals surface area contributed by atoms with Crippen LogP contribution in [0.4, 0.5) is 13.2 Å². The molecule has 21 heavy (non-hydrogen) atoms. The number of aromatic nitrogens is 1. The van der Waals surface area contributed by atoms with Gasteiger partial charge in [-0.3, -0.25) is 0 Å². The predicted octanol–water partition coefficient (Wildman–Crippen LogP) is 4.55. The summed E-state index contributed by atoms with van der Waals surface area (Å²) in [7, 11) is 0. The van der Waals surface area contributed by atoms with Gasteiger partial charge in [0.1, 0.15) is 0 Å². The SMILES string of the molecule is NCC(Sc1ccc(C(F)(F)F)cn1)c1cccc(Cl)c1. The first-order valence-corrected chi connectivity index (χ1v) is 7.31. The number of nitrogens with zero attached hydrogens (tertiary/aromatic N) is 1. The zero-order valence-corrected chi connectivity index (χ0v) is 12.3. The van der Waals surface area contributed by atoms with Crippen LogP contribution in [0.5, 0.6) is 0 Å². The van der Waals surface area contributed by atoms with E-state index in [1.54, 1.807) is 18.2 Å². The summed E-state index contributed by atoms with van der Waals surface area (Å²) in [6.45, 7) is 0.327. The molecule has 7 heteroatoms. The van der Waals surface area contributed by atoms with Crippen LogP contribution in [0.1, 0.15) is 16.4 Å².